The zero-order valence-electron chi connectivity index (χ0n) is 15.9. The quantitative estimate of drug-likeness (QED) is 0.646. The Morgan fingerprint density at radius 2 is 1.83 bits per heavy atom. The number of pyridine rings is 1. The molecule has 1 amide bonds. The molecule has 0 radical (unpaired) electrons. The molecule has 3 rings (SSSR count). The fourth-order valence-corrected chi connectivity index (χ4v) is 4.33. The third-order valence-electron chi connectivity index (χ3n) is 4.51. The highest BCUT2D eigenvalue weighted by molar-refractivity contribution is 7.90. The molecule has 0 spiro atoms. The third kappa shape index (κ3) is 5.71. The Bertz CT molecular complexity index is 1100. The van der Waals surface area contributed by atoms with Crippen molar-refractivity contribution in [3.8, 4) is 0 Å². The first kappa shape index (κ1) is 20.7. The van der Waals surface area contributed by atoms with Gasteiger partial charge in [0, 0.05) is 18.9 Å². The molecule has 2 aromatic carbocycles. The number of nitrogens with one attached hydrogen (secondary N) is 1. The normalized spacial score (nSPS) is 11.2. The van der Waals surface area contributed by atoms with Crippen LogP contribution in [0.15, 0.2) is 71.9 Å². The topological polar surface area (TPSA) is 76.1 Å². The average Bonchev–Trinajstić information content (AvgIpc) is 2.70. The van der Waals surface area contributed by atoms with E-state index < -0.39 is 15.7 Å². The van der Waals surface area contributed by atoms with Crippen LogP contribution in [0.3, 0.4) is 0 Å². The second-order valence-electron chi connectivity index (χ2n) is 6.79. The molecule has 1 heterocycles. The van der Waals surface area contributed by atoms with E-state index in [1.165, 1.54) is 30.3 Å². The minimum atomic E-state index is -3.57. The number of benzene rings is 2. The highest BCUT2D eigenvalue weighted by Crippen LogP contribution is 2.20. The van der Waals surface area contributed by atoms with Crippen molar-refractivity contribution in [3.63, 3.8) is 0 Å². The molecular formula is C22H21FN2O3S. The summed E-state index contributed by atoms with van der Waals surface area (Å²) >= 11 is 0. The van der Waals surface area contributed by atoms with Gasteiger partial charge in [-0.15, -0.1) is 0 Å². The lowest BCUT2D eigenvalue weighted by Gasteiger charge is -2.09. The second kappa shape index (κ2) is 8.96. The van der Waals surface area contributed by atoms with Crippen molar-refractivity contribution < 1.29 is 17.6 Å². The first-order valence-electron chi connectivity index (χ1n) is 9.06. The standard InChI is InChI=1S/C22H21FN2O3S/c1-16-11-20(23)7-6-19(16)15-29(27,28)21-8-4-17(5-9-21)12-22(26)25-14-18-3-2-10-24-13-18/h2-11,13H,12,14-15H2,1H3,(H,25,26). The van der Waals surface area contributed by atoms with Crippen molar-refractivity contribution in [2.75, 3.05) is 0 Å². The lowest BCUT2D eigenvalue weighted by Crippen LogP contribution is -2.24. The molecular weight excluding hydrogens is 391 g/mol. The van der Waals surface area contributed by atoms with Gasteiger partial charge in [-0.1, -0.05) is 24.3 Å². The number of carbonyl (C=O) groups excluding carboxylic acids is 1. The second-order valence-corrected chi connectivity index (χ2v) is 8.78. The summed E-state index contributed by atoms with van der Waals surface area (Å²) in [7, 11) is -3.57. The zero-order chi connectivity index (χ0) is 20.9. The number of sulfone groups is 1. The van der Waals surface area contributed by atoms with E-state index >= 15 is 0 Å². The largest absolute Gasteiger partial charge is 0.352 e. The van der Waals surface area contributed by atoms with Gasteiger partial charge < -0.3 is 5.32 Å². The summed E-state index contributed by atoms with van der Waals surface area (Å²) < 4.78 is 38.5. The van der Waals surface area contributed by atoms with Crippen LogP contribution in [0.4, 0.5) is 4.39 Å². The van der Waals surface area contributed by atoms with E-state index in [4.69, 9.17) is 0 Å². The fraction of sp³-hybridized carbons (Fsp3) is 0.182. The molecule has 0 atom stereocenters. The molecule has 0 saturated heterocycles. The number of nitrogens with zero attached hydrogens (tertiary/aromatic N) is 1. The molecule has 0 unspecified atom stereocenters. The summed E-state index contributed by atoms with van der Waals surface area (Å²) in [5, 5.41) is 2.81. The smallest absolute Gasteiger partial charge is 0.224 e. The molecule has 0 aliphatic rings. The van der Waals surface area contributed by atoms with E-state index in [1.54, 1.807) is 37.5 Å². The number of halogens is 1. The van der Waals surface area contributed by atoms with Crippen molar-refractivity contribution in [2.24, 2.45) is 0 Å². The van der Waals surface area contributed by atoms with E-state index in [0.29, 0.717) is 23.2 Å². The number of aromatic nitrogens is 1. The Kier molecular flexibility index (Phi) is 6.39. The van der Waals surface area contributed by atoms with E-state index in [9.17, 15) is 17.6 Å². The van der Waals surface area contributed by atoms with E-state index in [-0.39, 0.29) is 23.0 Å². The lowest BCUT2D eigenvalue weighted by molar-refractivity contribution is -0.120. The van der Waals surface area contributed by atoms with E-state index in [0.717, 1.165) is 5.56 Å². The van der Waals surface area contributed by atoms with Gasteiger partial charge in [0.05, 0.1) is 17.1 Å². The Labute approximate surface area is 169 Å². The predicted octanol–water partition coefficient (Wildman–Crippen LogP) is 3.36. The highest BCUT2D eigenvalue weighted by atomic mass is 32.2. The van der Waals surface area contributed by atoms with Crippen molar-refractivity contribution >= 4 is 15.7 Å². The summed E-state index contributed by atoms with van der Waals surface area (Å²) in [6.07, 6.45) is 3.50. The lowest BCUT2D eigenvalue weighted by atomic mass is 10.1. The van der Waals surface area contributed by atoms with Crippen LogP contribution in [0, 0.1) is 12.7 Å². The Hall–Kier alpha value is -3.06. The molecule has 1 aromatic heterocycles. The summed E-state index contributed by atoms with van der Waals surface area (Å²) in [4.78, 5) is 16.3. The van der Waals surface area contributed by atoms with Crippen LogP contribution >= 0.6 is 0 Å². The molecule has 29 heavy (non-hydrogen) atoms. The Morgan fingerprint density at radius 1 is 1.07 bits per heavy atom. The Balaban J connectivity index is 1.62. The molecule has 0 bridgehead atoms. The molecule has 3 aromatic rings. The minimum absolute atomic E-state index is 0.150. The van der Waals surface area contributed by atoms with Gasteiger partial charge in [-0.2, -0.15) is 0 Å². The zero-order valence-corrected chi connectivity index (χ0v) is 16.7. The molecule has 1 N–H and O–H groups in total. The summed E-state index contributed by atoms with van der Waals surface area (Å²) in [5.74, 6) is -0.759. The summed E-state index contributed by atoms with van der Waals surface area (Å²) in [5.41, 5.74) is 2.77. The average molecular weight is 412 g/mol. The van der Waals surface area contributed by atoms with Gasteiger partial charge in [-0.05, 0) is 59.5 Å². The number of aryl methyl sites for hydroxylation is 1. The summed E-state index contributed by atoms with van der Waals surface area (Å²) in [6, 6.07) is 14.0. The van der Waals surface area contributed by atoms with Crippen molar-refractivity contribution in [1.29, 1.82) is 0 Å². The van der Waals surface area contributed by atoms with Crippen LogP contribution in [0.1, 0.15) is 22.3 Å². The highest BCUT2D eigenvalue weighted by Gasteiger charge is 2.17. The number of amides is 1. The molecule has 150 valence electrons. The monoisotopic (exact) mass is 412 g/mol. The molecule has 5 nitrogen and oxygen atoms in total. The van der Waals surface area contributed by atoms with Crippen LogP contribution in [0.25, 0.3) is 0 Å². The SMILES string of the molecule is Cc1cc(F)ccc1CS(=O)(=O)c1ccc(CC(=O)NCc2cccnc2)cc1. The van der Waals surface area contributed by atoms with Crippen LogP contribution in [0.2, 0.25) is 0 Å². The number of rotatable bonds is 7. The van der Waals surface area contributed by atoms with Crippen LogP contribution in [0.5, 0.6) is 0 Å². The van der Waals surface area contributed by atoms with Crippen molar-refractivity contribution in [2.45, 2.75) is 30.5 Å². The van der Waals surface area contributed by atoms with Gasteiger partial charge in [0.25, 0.3) is 0 Å². The number of hydrogen-bond donors (Lipinski definition) is 1. The van der Waals surface area contributed by atoms with Gasteiger partial charge in [-0.3, -0.25) is 9.78 Å². The summed E-state index contributed by atoms with van der Waals surface area (Å²) in [6.45, 7) is 2.07. The maximum atomic E-state index is 13.2. The third-order valence-corrected chi connectivity index (χ3v) is 6.19. The maximum Gasteiger partial charge on any atom is 0.224 e. The van der Waals surface area contributed by atoms with Gasteiger partial charge in [0.1, 0.15) is 5.82 Å². The molecule has 0 aliphatic carbocycles. The predicted molar refractivity (Wildman–Crippen MR) is 108 cm³/mol. The molecule has 0 saturated carbocycles. The van der Waals surface area contributed by atoms with Crippen molar-refractivity contribution in [3.05, 3.63) is 95.1 Å². The minimum Gasteiger partial charge on any atom is -0.352 e. The fourth-order valence-electron chi connectivity index (χ4n) is 2.88. The maximum absolute atomic E-state index is 13.2. The van der Waals surface area contributed by atoms with Crippen molar-refractivity contribution in [1.82, 2.24) is 10.3 Å². The van der Waals surface area contributed by atoms with Gasteiger partial charge >= 0.3 is 0 Å². The molecule has 7 heteroatoms. The van der Waals surface area contributed by atoms with E-state index in [2.05, 4.69) is 10.3 Å². The van der Waals surface area contributed by atoms with Crippen LogP contribution in [-0.4, -0.2) is 19.3 Å². The van der Waals surface area contributed by atoms with Crippen LogP contribution in [-0.2, 0) is 33.4 Å². The van der Waals surface area contributed by atoms with Gasteiger partial charge in [0.2, 0.25) is 5.91 Å². The van der Waals surface area contributed by atoms with E-state index in [1.807, 2.05) is 6.07 Å². The number of hydrogen-bond acceptors (Lipinski definition) is 4. The first-order valence-corrected chi connectivity index (χ1v) is 10.7. The van der Waals surface area contributed by atoms with Gasteiger partial charge in [0.15, 0.2) is 9.84 Å². The first-order chi connectivity index (χ1) is 13.8. The van der Waals surface area contributed by atoms with Crippen LogP contribution < -0.4 is 5.32 Å². The Morgan fingerprint density at radius 3 is 2.48 bits per heavy atom. The molecule has 0 fully saturated rings. The number of carbonyl (C=O) groups is 1. The molecule has 0 aliphatic heterocycles. The van der Waals surface area contributed by atoms with Gasteiger partial charge in [-0.25, -0.2) is 12.8 Å².